The van der Waals surface area contributed by atoms with E-state index in [1.165, 1.54) is 12.1 Å². The van der Waals surface area contributed by atoms with E-state index in [1.807, 2.05) is 84.9 Å². The van der Waals surface area contributed by atoms with Crippen LogP contribution in [0.1, 0.15) is 26.3 Å². The van der Waals surface area contributed by atoms with Crippen LogP contribution in [-0.2, 0) is 19.2 Å². The van der Waals surface area contributed by atoms with Gasteiger partial charge in [-0.3, -0.25) is 0 Å². The normalized spacial score (nSPS) is 12.9. The van der Waals surface area contributed by atoms with E-state index >= 15 is 0 Å². The number of hydrogen-bond acceptors (Lipinski definition) is 3. The molecule has 0 fully saturated rings. The van der Waals surface area contributed by atoms with Crippen molar-refractivity contribution in [1.29, 1.82) is 0 Å². The Hall–Kier alpha value is -2.93. The van der Waals surface area contributed by atoms with Crippen LogP contribution in [0.4, 0.5) is 4.39 Å². The Morgan fingerprint density at radius 3 is 1.44 bits per heavy atom. The van der Waals surface area contributed by atoms with Crippen LogP contribution in [0.5, 0.6) is 0 Å². The molecule has 0 aromatic heterocycles. The number of benzene rings is 4. The Labute approximate surface area is 202 Å². The molecule has 0 amide bonds. The van der Waals surface area contributed by atoms with Crippen LogP contribution in [0.25, 0.3) is 0 Å². The van der Waals surface area contributed by atoms with Crippen LogP contribution in [-0.4, -0.2) is 8.42 Å². The minimum Gasteiger partial charge on any atom is -0.207 e. The second kappa shape index (κ2) is 9.37. The first-order chi connectivity index (χ1) is 16.1. The molecule has 4 aromatic rings. The van der Waals surface area contributed by atoms with Crippen molar-refractivity contribution < 1.29 is 16.4 Å². The van der Waals surface area contributed by atoms with Gasteiger partial charge in [-0.2, -0.15) is 8.42 Å². The molecule has 4 rings (SSSR count). The lowest BCUT2D eigenvalue weighted by Gasteiger charge is -2.39. The summed E-state index contributed by atoms with van der Waals surface area (Å²) in [5.41, 5.74) is 1.07. The third-order valence-electron chi connectivity index (χ3n) is 5.50. The summed E-state index contributed by atoms with van der Waals surface area (Å²) in [5.74, 6) is -0.513. The topological polar surface area (TPSA) is 43.4 Å². The van der Waals surface area contributed by atoms with Gasteiger partial charge >= 0.3 is 10.1 Å². The SMILES string of the molecule is CC(C)(C)c1ccc(S(OS(=O)(=O)c2ccc(F)cc2)(c2ccccc2)c2ccccc2)cc1. The molecule has 0 radical (unpaired) electrons. The van der Waals surface area contributed by atoms with Crippen LogP contribution in [0.15, 0.2) is 129 Å². The Bertz CT molecular complexity index is 1310. The number of rotatable bonds is 6. The van der Waals surface area contributed by atoms with Gasteiger partial charge in [0.05, 0.1) is 4.90 Å². The summed E-state index contributed by atoms with van der Waals surface area (Å²) < 4.78 is 46.9. The highest BCUT2D eigenvalue weighted by Gasteiger charge is 2.38. The predicted octanol–water partition coefficient (Wildman–Crippen LogP) is 7.73. The molecule has 3 nitrogen and oxygen atoms in total. The van der Waals surface area contributed by atoms with Crippen molar-refractivity contribution in [3.63, 3.8) is 0 Å². The fourth-order valence-corrected chi connectivity index (χ4v) is 8.89. The summed E-state index contributed by atoms with van der Waals surface area (Å²) >= 11 is 0. The van der Waals surface area contributed by atoms with Crippen molar-refractivity contribution in [2.45, 2.75) is 45.8 Å². The Morgan fingerprint density at radius 2 is 1.00 bits per heavy atom. The molecular weight excluding hydrogens is 467 g/mol. The average Bonchev–Trinajstić information content (AvgIpc) is 2.83. The van der Waals surface area contributed by atoms with E-state index in [4.69, 9.17) is 3.63 Å². The lowest BCUT2D eigenvalue weighted by Crippen LogP contribution is -2.15. The Kier molecular flexibility index (Phi) is 6.67. The molecule has 0 aliphatic rings. The van der Waals surface area contributed by atoms with E-state index in [-0.39, 0.29) is 10.3 Å². The van der Waals surface area contributed by atoms with E-state index in [0.717, 1.165) is 32.4 Å². The molecule has 0 aliphatic carbocycles. The second-order valence-electron chi connectivity index (χ2n) is 8.93. The summed E-state index contributed by atoms with van der Waals surface area (Å²) in [7, 11) is -6.94. The monoisotopic (exact) mass is 494 g/mol. The fraction of sp³-hybridized carbons (Fsp3) is 0.143. The smallest absolute Gasteiger partial charge is 0.207 e. The highest BCUT2D eigenvalue weighted by molar-refractivity contribution is 8.33. The summed E-state index contributed by atoms with van der Waals surface area (Å²) in [4.78, 5) is 2.15. The number of hydrogen-bond donors (Lipinski definition) is 0. The predicted molar refractivity (Wildman–Crippen MR) is 135 cm³/mol. The van der Waals surface area contributed by atoms with Gasteiger partial charge in [0.15, 0.2) is 0 Å². The zero-order valence-corrected chi connectivity index (χ0v) is 20.9. The molecule has 6 heteroatoms. The van der Waals surface area contributed by atoms with Crippen LogP contribution in [0.2, 0.25) is 0 Å². The first-order valence-electron chi connectivity index (χ1n) is 10.9. The van der Waals surface area contributed by atoms with Crippen molar-refractivity contribution >= 4 is 20.4 Å². The molecular formula is C28H27FO3S2. The van der Waals surface area contributed by atoms with Gasteiger partial charge in [0, 0.05) is 14.7 Å². The molecule has 0 N–H and O–H groups in total. The molecule has 0 spiro atoms. The maximum absolute atomic E-state index is 13.6. The van der Waals surface area contributed by atoms with Gasteiger partial charge in [-0.15, -0.1) is 0 Å². The first kappa shape index (κ1) is 24.2. The van der Waals surface area contributed by atoms with Gasteiger partial charge in [-0.05, 0) is 82.0 Å². The Morgan fingerprint density at radius 1 is 0.588 bits per heavy atom. The van der Waals surface area contributed by atoms with Crippen LogP contribution >= 0.6 is 10.3 Å². The maximum Gasteiger partial charge on any atom is 0.307 e. The third-order valence-corrected chi connectivity index (χ3v) is 10.7. The molecule has 176 valence electrons. The van der Waals surface area contributed by atoms with Crippen molar-refractivity contribution in [1.82, 2.24) is 0 Å². The Balaban J connectivity index is 1.99. The van der Waals surface area contributed by atoms with Crippen molar-refractivity contribution in [3.8, 4) is 0 Å². The van der Waals surface area contributed by atoms with Crippen LogP contribution in [0.3, 0.4) is 0 Å². The lowest BCUT2D eigenvalue weighted by atomic mass is 9.87. The van der Waals surface area contributed by atoms with E-state index in [9.17, 15) is 12.8 Å². The van der Waals surface area contributed by atoms with Crippen molar-refractivity contribution in [3.05, 3.63) is 121 Å². The van der Waals surface area contributed by atoms with E-state index in [0.29, 0.717) is 0 Å². The molecule has 4 aromatic carbocycles. The lowest BCUT2D eigenvalue weighted by molar-refractivity contribution is 0.508. The van der Waals surface area contributed by atoms with E-state index in [1.54, 1.807) is 0 Å². The van der Waals surface area contributed by atoms with Gasteiger partial charge in [0.1, 0.15) is 5.82 Å². The van der Waals surface area contributed by atoms with Crippen molar-refractivity contribution in [2.24, 2.45) is 0 Å². The fourth-order valence-electron chi connectivity index (χ4n) is 3.67. The summed E-state index contributed by atoms with van der Waals surface area (Å²) in [6.07, 6.45) is 0. The maximum atomic E-state index is 13.6. The first-order valence-corrected chi connectivity index (χ1v) is 13.9. The molecule has 0 atom stereocenters. The largest absolute Gasteiger partial charge is 0.307 e. The quantitative estimate of drug-likeness (QED) is 0.275. The average molecular weight is 495 g/mol. The van der Waals surface area contributed by atoms with Crippen molar-refractivity contribution in [2.75, 3.05) is 0 Å². The third kappa shape index (κ3) is 4.80. The highest BCUT2D eigenvalue weighted by atomic mass is 32.3. The number of halogens is 1. The van der Waals surface area contributed by atoms with E-state index < -0.39 is 26.2 Å². The van der Waals surface area contributed by atoms with Gasteiger partial charge in [0.2, 0.25) is 0 Å². The van der Waals surface area contributed by atoms with Gasteiger partial charge in [0.25, 0.3) is 0 Å². The minimum absolute atomic E-state index is 0.0585. The minimum atomic E-state index is -4.25. The highest BCUT2D eigenvalue weighted by Crippen LogP contribution is 2.70. The molecule has 34 heavy (non-hydrogen) atoms. The van der Waals surface area contributed by atoms with Gasteiger partial charge in [-0.1, -0.05) is 69.3 Å². The molecule has 0 unspecified atom stereocenters. The molecule has 0 saturated carbocycles. The summed E-state index contributed by atoms with van der Waals surface area (Å²) in [6.45, 7) is 6.39. The zero-order valence-electron chi connectivity index (χ0n) is 19.3. The van der Waals surface area contributed by atoms with Gasteiger partial charge in [-0.25, -0.2) is 8.02 Å². The molecule has 0 heterocycles. The van der Waals surface area contributed by atoms with E-state index in [2.05, 4.69) is 20.8 Å². The molecule has 0 bridgehead atoms. The zero-order chi connectivity index (χ0) is 24.4. The molecule has 0 aliphatic heterocycles. The van der Waals surface area contributed by atoms with Crippen LogP contribution in [0, 0.1) is 5.82 Å². The summed E-state index contributed by atoms with van der Waals surface area (Å²) in [5, 5.41) is 0. The molecule has 0 saturated heterocycles. The standard InChI is InChI=1S/C28H27FO3S2/c1-28(2,3)22-14-18-26(19-15-22)33(24-10-6-4-7-11-24,25-12-8-5-9-13-25)32-34(30,31)27-20-16-23(29)17-21-27/h4-21H,1-3H3. The second-order valence-corrected chi connectivity index (χ2v) is 13.4. The van der Waals surface area contributed by atoms with Crippen LogP contribution < -0.4 is 0 Å². The summed E-state index contributed by atoms with van der Waals surface area (Å²) in [6, 6.07) is 31.5. The van der Waals surface area contributed by atoms with Gasteiger partial charge < -0.3 is 0 Å².